The van der Waals surface area contributed by atoms with Crippen molar-refractivity contribution in [1.82, 2.24) is 0 Å². The van der Waals surface area contributed by atoms with Gasteiger partial charge in [-0.3, -0.25) is 4.79 Å². The minimum absolute atomic E-state index is 0.0129. The molecule has 3 rings (SSSR count). The Hall–Kier alpha value is -3.03. The Balaban J connectivity index is 1.91. The van der Waals surface area contributed by atoms with E-state index in [-0.39, 0.29) is 33.3 Å². The van der Waals surface area contributed by atoms with Crippen LogP contribution in [0, 0.1) is 0 Å². The predicted molar refractivity (Wildman–Crippen MR) is 120 cm³/mol. The molecule has 0 bridgehead atoms. The molecule has 3 aromatic rings. The molecule has 160 valence electrons. The third-order valence-corrected chi connectivity index (χ3v) is 8.43. The van der Waals surface area contributed by atoms with Crippen LogP contribution in [0.2, 0.25) is 0 Å². The van der Waals surface area contributed by atoms with Crippen molar-refractivity contribution in [1.29, 1.82) is 0 Å². The molecule has 0 aliphatic heterocycles. The highest BCUT2D eigenvalue weighted by molar-refractivity contribution is 7.98. The summed E-state index contributed by atoms with van der Waals surface area (Å²) in [4.78, 5) is 12.2. The molecule has 0 fully saturated rings. The van der Waals surface area contributed by atoms with Gasteiger partial charge in [0.05, 0.1) is 20.4 Å². The first-order chi connectivity index (χ1) is 14.8. The minimum atomic E-state index is -4.03. The number of carbonyl (C=O) groups is 1. The summed E-state index contributed by atoms with van der Waals surface area (Å²) in [6.45, 7) is 0. The lowest BCUT2D eigenvalue weighted by Gasteiger charge is -2.11. The molecule has 0 atom stereocenters. The van der Waals surface area contributed by atoms with E-state index in [1.54, 1.807) is 66.7 Å². The Morgan fingerprint density at radius 2 is 1.16 bits per heavy atom. The van der Waals surface area contributed by atoms with Crippen LogP contribution in [0.5, 0.6) is 0 Å². The molecule has 0 amide bonds. The van der Waals surface area contributed by atoms with Crippen LogP contribution in [-0.4, -0.2) is 28.4 Å². The van der Waals surface area contributed by atoms with Gasteiger partial charge < -0.3 is 0 Å². The molecule has 0 aliphatic rings. The Bertz CT molecular complexity index is 1260. The Kier molecular flexibility index (Phi) is 7.20. The van der Waals surface area contributed by atoms with Gasteiger partial charge in [-0.2, -0.15) is 0 Å². The molecule has 31 heavy (non-hydrogen) atoms. The highest BCUT2D eigenvalue weighted by Crippen LogP contribution is 2.24. The van der Waals surface area contributed by atoms with Crippen LogP contribution in [0.3, 0.4) is 0 Å². The molecule has 0 unspecified atom stereocenters. The fraction of sp³-hybridized carbons (Fsp3) is 0.125. The zero-order valence-electron chi connectivity index (χ0n) is 16.7. The number of benzene rings is 3. The highest BCUT2D eigenvalue weighted by atomic mass is 32.2. The Morgan fingerprint density at radius 3 is 1.71 bits per heavy atom. The molecule has 3 aromatic carbocycles. The SMILES string of the molecule is O=C(CC/C=C(/CS(=O)(=O)c1ccccc1)S(=O)(=O)c1ccccc1)c1ccccc1. The van der Waals surface area contributed by atoms with Crippen LogP contribution in [-0.2, 0) is 19.7 Å². The zero-order chi connectivity index (χ0) is 22.3. The number of hydrogen-bond donors (Lipinski definition) is 0. The van der Waals surface area contributed by atoms with E-state index >= 15 is 0 Å². The second-order valence-corrected chi connectivity index (χ2v) is 10.9. The molecule has 7 heteroatoms. The summed E-state index contributed by atoms with van der Waals surface area (Å²) < 4.78 is 52.1. The van der Waals surface area contributed by atoms with Gasteiger partial charge in [-0.25, -0.2) is 16.8 Å². The summed E-state index contributed by atoms with van der Waals surface area (Å²) in [5.74, 6) is -0.812. The first-order valence-electron chi connectivity index (χ1n) is 9.66. The van der Waals surface area contributed by atoms with Crippen molar-refractivity contribution >= 4 is 25.5 Å². The molecule has 0 saturated carbocycles. The van der Waals surface area contributed by atoms with Crippen LogP contribution in [0.25, 0.3) is 0 Å². The fourth-order valence-corrected chi connectivity index (χ4v) is 6.50. The highest BCUT2D eigenvalue weighted by Gasteiger charge is 2.27. The molecule has 0 radical (unpaired) electrons. The van der Waals surface area contributed by atoms with Crippen LogP contribution < -0.4 is 0 Å². The smallest absolute Gasteiger partial charge is 0.203 e. The second-order valence-electron chi connectivity index (χ2n) is 6.89. The summed E-state index contributed by atoms with van der Waals surface area (Å²) in [6.07, 6.45) is 1.53. The zero-order valence-corrected chi connectivity index (χ0v) is 18.3. The van der Waals surface area contributed by atoms with E-state index in [4.69, 9.17) is 0 Å². The largest absolute Gasteiger partial charge is 0.294 e. The molecule has 0 aliphatic carbocycles. The number of hydrogen-bond acceptors (Lipinski definition) is 5. The van der Waals surface area contributed by atoms with Gasteiger partial charge in [0.1, 0.15) is 0 Å². The molecular weight excluding hydrogens is 432 g/mol. The van der Waals surface area contributed by atoms with Crippen LogP contribution >= 0.6 is 0 Å². The second kappa shape index (κ2) is 9.85. The van der Waals surface area contributed by atoms with Crippen molar-refractivity contribution in [2.45, 2.75) is 22.6 Å². The fourth-order valence-electron chi connectivity index (χ4n) is 3.03. The maximum Gasteiger partial charge on any atom is 0.203 e. The first-order valence-corrected chi connectivity index (χ1v) is 12.8. The van der Waals surface area contributed by atoms with Gasteiger partial charge in [-0.05, 0) is 30.7 Å². The molecule has 5 nitrogen and oxygen atoms in total. The summed E-state index contributed by atoms with van der Waals surface area (Å²) in [5.41, 5.74) is 0.528. The quantitative estimate of drug-likeness (QED) is 0.445. The maximum atomic E-state index is 13.2. The summed E-state index contributed by atoms with van der Waals surface area (Å²) in [5, 5.41) is 0. The lowest BCUT2D eigenvalue weighted by atomic mass is 10.1. The van der Waals surface area contributed by atoms with Crippen molar-refractivity contribution in [3.8, 4) is 0 Å². The Morgan fingerprint density at radius 1 is 0.677 bits per heavy atom. The molecule has 0 saturated heterocycles. The lowest BCUT2D eigenvalue weighted by molar-refractivity contribution is 0.0983. The summed E-state index contributed by atoms with van der Waals surface area (Å²) in [6, 6.07) is 24.1. The normalized spacial score (nSPS) is 12.5. The van der Waals surface area contributed by atoms with Gasteiger partial charge in [0.15, 0.2) is 15.6 Å². The van der Waals surface area contributed by atoms with Crippen LogP contribution in [0.4, 0.5) is 0 Å². The van der Waals surface area contributed by atoms with Gasteiger partial charge in [0.2, 0.25) is 9.84 Å². The number of rotatable bonds is 9. The van der Waals surface area contributed by atoms with Crippen LogP contribution in [0.1, 0.15) is 23.2 Å². The Labute approximate surface area is 182 Å². The number of allylic oxidation sites excluding steroid dienone is 1. The lowest BCUT2D eigenvalue weighted by Crippen LogP contribution is -2.16. The molecular formula is C24H22O5S2. The van der Waals surface area contributed by atoms with E-state index in [9.17, 15) is 21.6 Å². The van der Waals surface area contributed by atoms with E-state index in [0.29, 0.717) is 5.56 Å². The van der Waals surface area contributed by atoms with E-state index in [0.717, 1.165) is 0 Å². The number of ketones is 1. The van der Waals surface area contributed by atoms with Crippen molar-refractivity contribution in [3.05, 3.63) is 108 Å². The van der Waals surface area contributed by atoms with E-state index in [1.165, 1.54) is 30.3 Å². The first kappa shape index (κ1) is 22.7. The van der Waals surface area contributed by atoms with Crippen molar-refractivity contribution in [3.63, 3.8) is 0 Å². The monoisotopic (exact) mass is 454 g/mol. The third kappa shape index (κ3) is 5.77. The summed E-state index contributed by atoms with van der Waals surface area (Å²) in [7, 11) is -7.92. The third-order valence-electron chi connectivity index (χ3n) is 4.67. The number of sulfone groups is 2. The number of Topliss-reactive ketones (excluding diaryl/α,β-unsaturated/α-hetero) is 1. The predicted octanol–water partition coefficient (Wildman–Crippen LogP) is 4.48. The van der Waals surface area contributed by atoms with Crippen LogP contribution in [0.15, 0.2) is 112 Å². The van der Waals surface area contributed by atoms with Crippen molar-refractivity contribution in [2.75, 3.05) is 5.75 Å². The topological polar surface area (TPSA) is 85.3 Å². The minimum Gasteiger partial charge on any atom is -0.294 e. The van der Waals surface area contributed by atoms with E-state index in [2.05, 4.69) is 0 Å². The van der Waals surface area contributed by atoms with Gasteiger partial charge in [-0.1, -0.05) is 72.8 Å². The molecule has 0 aromatic heterocycles. The average molecular weight is 455 g/mol. The number of carbonyl (C=O) groups excluding carboxylic acids is 1. The van der Waals surface area contributed by atoms with E-state index < -0.39 is 25.4 Å². The molecule has 0 heterocycles. The van der Waals surface area contributed by atoms with Gasteiger partial charge in [0, 0.05) is 12.0 Å². The van der Waals surface area contributed by atoms with Crippen molar-refractivity contribution in [2.24, 2.45) is 0 Å². The van der Waals surface area contributed by atoms with Gasteiger partial charge in [-0.15, -0.1) is 0 Å². The van der Waals surface area contributed by atoms with Gasteiger partial charge >= 0.3 is 0 Å². The molecule has 0 N–H and O–H groups in total. The van der Waals surface area contributed by atoms with Crippen molar-refractivity contribution < 1.29 is 21.6 Å². The average Bonchev–Trinajstić information content (AvgIpc) is 2.80. The summed E-state index contributed by atoms with van der Waals surface area (Å²) >= 11 is 0. The standard InChI is InChI=1S/C24H22O5S2/c25-24(20-11-4-1-5-12-20)18-10-17-23(31(28,29)22-15-8-3-9-16-22)19-30(26,27)21-13-6-2-7-14-21/h1-9,11-17H,10,18-19H2/b23-17-. The van der Waals surface area contributed by atoms with Gasteiger partial charge in [0.25, 0.3) is 0 Å². The maximum absolute atomic E-state index is 13.2. The molecule has 0 spiro atoms. The van der Waals surface area contributed by atoms with E-state index in [1.807, 2.05) is 0 Å².